The van der Waals surface area contributed by atoms with E-state index in [1.165, 1.54) is 0 Å². The van der Waals surface area contributed by atoms with Gasteiger partial charge in [0.25, 0.3) is 0 Å². The molecule has 0 amide bonds. The van der Waals surface area contributed by atoms with Gasteiger partial charge in [-0.2, -0.15) is 0 Å². The van der Waals surface area contributed by atoms with Gasteiger partial charge in [-0.1, -0.05) is 13.3 Å². The minimum Gasteiger partial charge on any atom is -0.481 e. The number of carboxylic acid groups (broad SMARTS) is 1. The molecule has 1 atom stereocenters. The van der Waals surface area contributed by atoms with Crippen LogP contribution in [-0.2, 0) is 22.5 Å². The summed E-state index contributed by atoms with van der Waals surface area (Å²) in [5.74, 6) is 0.738. The van der Waals surface area contributed by atoms with Crippen LogP contribution in [0, 0.1) is 11.8 Å². The van der Waals surface area contributed by atoms with Gasteiger partial charge in [-0.3, -0.25) is 4.79 Å². The molecule has 1 aliphatic carbocycles. The predicted octanol–water partition coefficient (Wildman–Crippen LogP) is 1.53. The lowest BCUT2D eigenvalue weighted by molar-refractivity contribution is -0.138. The van der Waals surface area contributed by atoms with E-state index < -0.39 is 5.97 Å². The minimum atomic E-state index is -0.768. The standard InChI is InChI=1S/C14H24N4O3/c1-3-10(8-14(19)20)9-18-13(15-16-17-18)7-11-5-12(6-11)21-4-2/h10-12H,3-9H2,1-2H3,(H,19,20). The second-order valence-corrected chi connectivity index (χ2v) is 5.77. The van der Waals surface area contributed by atoms with Crippen molar-refractivity contribution in [2.24, 2.45) is 11.8 Å². The van der Waals surface area contributed by atoms with Gasteiger partial charge in [0.1, 0.15) is 0 Å². The van der Waals surface area contributed by atoms with Crippen molar-refractivity contribution in [3.05, 3.63) is 5.82 Å². The van der Waals surface area contributed by atoms with Gasteiger partial charge in [0.2, 0.25) is 0 Å². The molecule has 21 heavy (non-hydrogen) atoms. The van der Waals surface area contributed by atoms with E-state index in [1.807, 2.05) is 13.8 Å². The Morgan fingerprint density at radius 1 is 1.48 bits per heavy atom. The van der Waals surface area contributed by atoms with Crippen LogP contribution in [0.5, 0.6) is 0 Å². The molecule has 0 bridgehead atoms. The van der Waals surface area contributed by atoms with Gasteiger partial charge in [-0.05, 0) is 42.0 Å². The maximum absolute atomic E-state index is 10.8. The monoisotopic (exact) mass is 296 g/mol. The van der Waals surface area contributed by atoms with Crippen LogP contribution in [0.4, 0.5) is 0 Å². The zero-order valence-corrected chi connectivity index (χ0v) is 12.7. The lowest BCUT2D eigenvalue weighted by Crippen LogP contribution is -2.33. The zero-order valence-electron chi connectivity index (χ0n) is 12.7. The molecule has 1 fully saturated rings. The molecule has 7 nitrogen and oxygen atoms in total. The molecule has 0 saturated heterocycles. The van der Waals surface area contributed by atoms with Crippen molar-refractivity contribution < 1.29 is 14.6 Å². The summed E-state index contributed by atoms with van der Waals surface area (Å²) in [6.07, 6.45) is 4.33. The summed E-state index contributed by atoms with van der Waals surface area (Å²) in [6, 6.07) is 0. The quantitative estimate of drug-likeness (QED) is 0.743. The molecule has 1 heterocycles. The lowest BCUT2D eigenvalue weighted by Gasteiger charge is -2.34. The third-order valence-electron chi connectivity index (χ3n) is 4.14. The highest BCUT2D eigenvalue weighted by atomic mass is 16.5. The van der Waals surface area contributed by atoms with Crippen molar-refractivity contribution in [1.29, 1.82) is 0 Å². The summed E-state index contributed by atoms with van der Waals surface area (Å²) in [5, 5.41) is 20.7. The van der Waals surface area contributed by atoms with Crippen LogP contribution >= 0.6 is 0 Å². The van der Waals surface area contributed by atoms with Crippen LogP contribution in [0.25, 0.3) is 0 Å². The summed E-state index contributed by atoms with van der Waals surface area (Å²) in [7, 11) is 0. The van der Waals surface area contributed by atoms with Gasteiger partial charge >= 0.3 is 5.97 Å². The Labute approximate surface area is 124 Å². The Morgan fingerprint density at radius 3 is 2.86 bits per heavy atom. The third kappa shape index (κ3) is 4.49. The zero-order chi connectivity index (χ0) is 15.2. The normalized spacial score (nSPS) is 22.8. The van der Waals surface area contributed by atoms with Gasteiger partial charge in [0.15, 0.2) is 5.82 Å². The number of hydrogen-bond donors (Lipinski definition) is 1. The number of aromatic nitrogens is 4. The Balaban J connectivity index is 1.85. The number of aliphatic carboxylic acids is 1. The second kappa shape index (κ2) is 7.49. The van der Waals surface area contributed by atoms with Crippen molar-refractivity contribution in [3.63, 3.8) is 0 Å². The van der Waals surface area contributed by atoms with E-state index in [1.54, 1.807) is 4.68 Å². The largest absolute Gasteiger partial charge is 0.481 e. The van der Waals surface area contributed by atoms with E-state index in [0.29, 0.717) is 18.6 Å². The SMILES string of the molecule is CCOC1CC(Cc2nnnn2CC(CC)CC(=O)O)C1. The molecular weight excluding hydrogens is 272 g/mol. The number of carboxylic acids is 1. The molecular formula is C14H24N4O3. The highest BCUT2D eigenvalue weighted by Crippen LogP contribution is 2.32. The van der Waals surface area contributed by atoms with Crippen molar-refractivity contribution >= 4 is 5.97 Å². The summed E-state index contributed by atoms with van der Waals surface area (Å²) in [6.45, 7) is 5.35. The molecule has 1 unspecified atom stereocenters. The van der Waals surface area contributed by atoms with Gasteiger partial charge < -0.3 is 9.84 Å². The van der Waals surface area contributed by atoms with E-state index >= 15 is 0 Å². The Kier molecular flexibility index (Phi) is 5.67. The smallest absolute Gasteiger partial charge is 0.303 e. The van der Waals surface area contributed by atoms with Gasteiger partial charge in [0, 0.05) is 26.0 Å². The van der Waals surface area contributed by atoms with Crippen LogP contribution in [0.1, 0.15) is 45.4 Å². The maximum Gasteiger partial charge on any atom is 0.303 e. The van der Waals surface area contributed by atoms with Gasteiger partial charge in [-0.15, -0.1) is 5.10 Å². The molecule has 1 aromatic heterocycles. The number of tetrazole rings is 1. The predicted molar refractivity (Wildman–Crippen MR) is 75.7 cm³/mol. The van der Waals surface area contributed by atoms with Crippen molar-refractivity contribution in [2.45, 2.75) is 58.6 Å². The van der Waals surface area contributed by atoms with Crippen molar-refractivity contribution in [3.8, 4) is 0 Å². The summed E-state index contributed by atoms with van der Waals surface area (Å²) >= 11 is 0. The first-order valence-electron chi connectivity index (χ1n) is 7.70. The molecule has 0 aromatic carbocycles. The van der Waals surface area contributed by atoms with Gasteiger partial charge in [-0.25, -0.2) is 4.68 Å². The van der Waals surface area contributed by atoms with Crippen LogP contribution in [0.3, 0.4) is 0 Å². The Morgan fingerprint density at radius 2 is 2.24 bits per heavy atom. The molecule has 118 valence electrons. The van der Waals surface area contributed by atoms with E-state index in [4.69, 9.17) is 9.84 Å². The molecule has 1 aliphatic rings. The molecule has 0 radical (unpaired) electrons. The highest BCUT2D eigenvalue weighted by molar-refractivity contribution is 5.66. The molecule has 1 aromatic rings. The number of rotatable bonds is 9. The molecule has 0 spiro atoms. The number of nitrogens with zero attached hydrogens (tertiary/aromatic N) is 4. The molecule has 1 N–H and O–H groups in total. The number of hydrogen-bond acceptors (Lipinski definition) is 5. The molecule has 2 rings (SSSR count). The first kappa shape index (κ1) is 15.9. The van der Waals surface area contributed by atoms with E-state index in [0.717, 1.165) is 38.1 Å². The Bertz CT molecular complexity index is 457. The van der Waals surface area contributed by atoms with E-state index in [-0.39, 0.29) is 12.3 Å². The average molecular weight is 296 g/mol. The van der Waals surface area contributed by atoms with Crippen LogP contribution < -0.4 is 0 Å². The van der Waals surface area contributed by atoms with E-state index in [9.17, 15) is 4.79 Å². The lowest BCUT2D eigenvalue weighted by atomic mass is 9.80. The van der Waals surface area contributed by atoms with Crippen LogP contribution in [-0.4, -0.2) is 44.0 Å². The summed E-state index contributed by atoms with van der Waals surface area (Å²) in [4.78, 5) is 10.8. The highest BCUT2D eigenvalue weighted by Gasteiger charge is 2.31. The second-order valence-electron chi connectivity index (χ2n) is 5.77. The van der Waals surface area contributed by atoms with Crippen LogP contribution in [0.15, 0.2) is 0 Å². The van der Waals surface area contributed by atoms with Crippen molar-refractivity contribution in [1.82, 2.24) is 20.2 Å². The van der Waals surface area contributed by atoms with E-state index in [2.05, 4.69) is 15.5 Å². The van der Waals surface area contributed by atoms with Gasteiger partial charge in [0.05, 0.1) is 6.10 Å². The van der Waals surface area contributed by atoms with Crippen molar-refractivity contribution in [2.75, 3.05) is 6.61 Å². The first-order valence-corrected chi connectivity index (χ1v) is 7.70. The minimum absolute atomic E-state index is 0.0716. The topological polar surface area (TPSA) is 90.1 Å². The average Bonchev–Trinajstić information content (AvgIpc) is 2.82. The molecule has 0 aliphatic heterocycles. The summed E-state index contributed by atoms with van der Waals surface area (Å²) < 4.78 is 7.33. The summed E-state index contributed by atoms with van der Waals surface area (Å²) in [5.41, 5.74) is 0. The molecule has 1 saturated carbocycles. The fraction of sp³-hybridized carbons (Fsp3) is 0.857. The fourth-order valence-corrected chi connectivity index (χ4v) is 2.81. The third-order valence-corrected chi connectivity index (χ3v) is 4.14. The number of ether oxygens (including phenoxy) is 1. The number of carbonyl (C=O) groups is 1. The maximum atomic E-state index is 10.8. The van der Waals surface area contributed by atoms with Crippen LogP contribution in [0.2, 0.25) is 0 Å². The molecule has 7 heteroatoms. The Hall–Kier alpha value is -1.50. The fourth-order valence-electron chi connectivity index (χ4n) is 2.81. The first-order chi connectivity index (χ1) is 10.1.